The van der Waals surface area contributed by atoms with Crippen molar-refractivity contribution in [2.75, 3.05) is 4.90 Å². The lowest BCUT2D eigenvalue weighted by Gasteiger charge is -2.25. The van der Waals surface area contributed by atoms with Gasteiger partial charge >= 0.3 is 0 Å². The molecule has 0 amide bonds. The Hall–Kier alpha value is -5.94. The molecule has 1 aliphatic rings. The highest BCUT2D eigenvalue weighted by Crippen LogP contribution is 2.48. The topological polar surface area (TPSA) is 54.8 Å². The Morgan fingerprint density at radius 3 is 1.59 bits per heavy atom. The fourth-order valence-corrected chi connectivity index (χ4v) is 6.34. The minimum atomic E-state index is -0.447. The van der Waals surface area contributed by atoms with Gasteiger partial charge in [0.05, 0.1) is 51.5 Å². The lowest BCUT2D eigenvalue weighted by atomic mass is 9.88. The molecule has 0 bridgehead atoms. The summed E-state index contributed by atoms with van der Waals surface area (Å²) in [5.74, 6) is 0. The summed E-state index contributed by atoms with van der Waals surface area (Å²) in [6, 6.07) is 47.7. The second kappa shape index (κ2) is 11.2. The molecule has 0 atom stereocenters. The summed E-state index contributed by atoms with van der Waals surface area (Å²) in [7, 11) is 0. The molecule has 0 spiro atoms. The molecule has 5 nitrogen and oxygen atoms in total. The third-order valence-corrected chi connectivity index (χ3v) is 8.63. The predicted octanol–water partition coefficient (Wildman–Crippen LogP) is 10.0. The maximum absolute atomic E-state index is 5.35. The molecule has 46 heavy (non-hydrogen) atoms. The van der Waals surface area contributed by atoms with E-state index in [1.165, 1.54) is 0 Å². The van der Waals surface area contributed by atoms with Gasteiger partial charge < -0.3 is 4.90 Å². The largest absolute Gasteiger partial charge is 0.309 e. The van der Waals surface area contributed by atoms with Gasteiger partial charge in [-0.1, -0.05) is 97.1 Å². The molecule has 1 aliphatic carbocycles. The zero-order valence-electron chi connectivity index (χ0n) is 25.7. The molecule has 0 saturated carbocycles. The van der Waals surface area contributed by atoms with Crippen LogP contribution in [0.5, 0.6) is 0 Å². The fraction of sp³-hybridized carbons (Fsp3) is 0.0732. The quantitative estimate of drug-likeness (QED) is 0.192. The van der Waals surface area contributed by atoms with Crippen LogP contribution in [0.15, 0.2) is 152 Å². The number of hydrogen-bond donors (Lipinski definition) is 0. The van der Waals surface area contributed by atoms with Crippen LogP contribution in [0.4, 0.5) is 17.1 Å². The first-order valence-corrected chi connectivity index (χ1v) is 15.5. The fourth-order valence-electron chi connectivity index (χ4n) is 6.34. The highest BCUT2D eigenvalue weighted by atomic mass is 15.1. The normalized spacial score (nSPS) is 12.7. The van der Waals surface area contributed by atoms with Crippen LogP contribution in [-0.2, 0) is 5.41 Å². The minimum absolute atomic E-state index is 0.447. The molecule has 220 valence electrons. The third kappa shape index (κ3) is 4.74. The van der Waals surface area contributed by atoms with Crippen LogP contribution in [0.3, 0.4) is 0 Å². The van der Waals surface area contributed by atoms with E-state index >= 15 is 0 Å². The molecule has 0 N–H and O–H groups in total. The lowest BCUT2D eigenvalue weighted by Crippen LogP contribution is -2.19. The van der Waals surface area contributed by atoms with Crippen molar-refractivity contribution in [3.63, 3.8) is 0 Å². The van der Waals surface area contributed by atoms with Crippen LogP contribution in [0, 0.1) is 0 Å². The van der Waals surface area contributed by atoms with Crippen molar-refractivity contribution in [3.05, 3.63) is 163 Å². The zero-order valence-corrected chi connectivity index (χ0v) is 25.7. The Morgan fingerprint density at radius 1 is 0.457 bits per heavy atom. The first kappa shape index (κ1) is 27.6. The number of benzene rings is 4. The van der Waals surface area contributed by atoms with Gasteiger partial charge in [0.15, 0.2) is 0 Å². The Bertz CT molecular complexity index is 2120. The first-order chi connectivity index (χ1) is 22.6. The molecule has 4 aromatic carbocycles. The van der Waals surface area contributed by atoms with Gasteiger partial charge in [0, 0.05) is 39.8 Å². The number of aromatic nitrogens is 4. The Morgan fingerprint density at radius 2 is 1.00 bits per heavy atom. The molecule has 0 unspecified atom stereocenters. The van der Waals surface area contributed by atoms with Gasteiger partial charge in [0.2, 0.25) is 0 Å². The smallest absolute Gasteiger partial charge is 0.0973 e. The van der Waals surface area contributed by atoms with Crippen LogP contribution in [0.2, 0.25) is 0 Å². The first-order valence-electron chi connectivity index (χ1n) is 15.5. The summed E-state index contributed by atoms with van der Waals surface area (Å²) in [4.78, 5) is 22.9. The second-order valence-corrected chi connectivity index (χ2v) is 12.0. The molecule has 8 rings (SSSR count). The van der Waals surface area contributed by atoms with Gasteiger partial charge in [-0.3, -0.25) is 9.97 Å². The van der Waals surface area contributed by atoms with Crippen molar-refractivity contribution in [3.8, 4) is 45.0 Å². The Labute approximate surface area is 269 Å². The number of para-hydroxylation sites is 2. The van der Waals surface area contributed by atoms with Gasteiger partial charge in [-0.15, -0.1) is 0 Å². The summed E-state index contributed by atoms with van der Waals surface area (Å²) < 4.78 is 0. The van der Waals surface area contributed by atoms with E-state index in [9.17, 15) is 0 Å². The van der Waals surface area contributed by atoms with Crippen molar-refractivity contribution in [1.82, 2.24) is 19.9 Å². The van der Waals surface area contributed by atoms with E-state index in [1.54, 1.807) is 0 Å². The standard InChI is InChI=1S/C41H31N5/c1-41(2)39-34(38-40(41)45-37(29-17-9-4-10-18-29)36(44-38)28-15-7-3-8-16-28)23-24-35(43-39)30-25-33(27-42-26-30)46(31-19-11-5-12-20-31)32-21-13-6-14-22-32/h3-27H,1-2H3. The highest BCUT2D eigenvalue weighted by molar-refractivity contribution is 5.85. The van der Waals surface area contributed by atoms with Gasteiger partial charge in [-0.05, 0) is 56.3 Å². The number of hydrogen-bond acceptors (Lipinski definition) is 5. The van der Waals surface area contributed by atoms with Crippen LogP contribution in [0.1, 0.15) is 25.2 Å². The van der Waals surface area contributed by atoms with E-state index in [0.29, 0.717) is 0 Å². The van der Waals surface area contributed by atoms with E-state index in [0.717, 1.165) is 73.5 Å². The number of fused-ring (bicyclic) bond motifs is 3. The average molecular weight is 594 g/mol. The van der Waals surface area contributed by atoms with E-state index < -0.39 is 5.41 Å². The van der Waals surface area contributed by atoms with Crippen molar-refractivity contribution in [2.45, 2.75) is 19.3 Å². The maximum atomic E-state index is 5.35. The van der Waals surface area contributed by atoms with Gasteiger partial charge in [-0.2, -0.15) is 0 Å². The molecule has 5 heteroatoms. The summed E-state index contributed by atoms with van der Waals surface area (Å²) in [6.07, 6.45) is 3.79. The molecule has 0 aliphatic heterocycles. The molecule has 0 saturated heterocycles. The van der Waals surface area contributed by atoms with Gasteiger partial charge in [0.25, 0.3) is 0 Å². The monoisotopic (exact) mass is 593 g/mol. The predicted molar refractivity (Wildman–Crippen MR) is 186 cm³/mol. The molecule has 0 radical (unpaired) electrons. The summed E-state index contributed by atoms with van der Waals surface area (Å²) in [5.41, 5.74) is 12.1. The van der Waals surface area contributed by atoms with Gasteiger partial charge in [0.1, 0.15) is 0 Å². The molecular formula is C41H31N5. The van der Waals surface area contributed by atoms with Gasteiger partial charge in [-0.25, -0.2) is 9.97 Å². The number of pyridine rings is 2. The minimum Gasteiger partial charge on any atom is -0.309 e. The number of nitrogens with zero attached hydrogens (tertiary/aromatic N) is 5. The summed E-state index contributed by atoms with van der Waals surface area (Å²) in [5, 5.41) is 0. The molecule has 3 heterocycles. The summed E-state index contributed by atoms with van der Waals surface area (Å²) >= 11 is 0. The SMILES string of the molecule is CC1(C)c2nc(-c3cncc(N(c4ccccc4)c4ccccc4)c3)ccc2-c2nc(-c3ccccc3)c(-c3ccccc3)nc21. The summed E-state index contributed by atoms with van der Waals surface area (Å²) in [6.45, 7) is 4.39. The van der Waals surface area contributed by atoms with Crippen LogP contribution in [0.25, 0.3) is 45.0 Å². The van der Waals surface area contributed by atoms with E-state index in [1.807, 2.05) is 60.9 Å². The number of anilines is 3. The molecule has 3 aromatic heterocycles. The van der Waals surface area contributed by atoms with E-state index in [2.05, 4.69) is 115 Å². The van der Waals surface area contributed by atoms with E-state index in [4.69, 9.17) is 15.0 Å². The highest BCUT2D eigenvalue weighted by Gasteiger charge is 2.41. The van der Waals surface area contributed by atoms with Crippen LogP contribution < -0.4 is 4.90 Å². The lowest BCUT2D eigenvalue weighted by molar-refractivity contribution is 0.616. The number of rotatable bonds is 6. The van der Waals surface area contributed by atoms with Crippen molar-refractivity contribution >= 4 is 17.1 Å². The van der Waals surface area contributed by atoms with Crippen LogP contribution >= 0.6 is 0 Å². The average Bonchev–Trinajstić information content (AvgIpc) is 3.34. The Kier molecular flexibility index (Phi) is 6.72. The Balaban J connectivity index is 1.24. The van der Waals surface area contributed by atoms with E-state index in [-0.39, 0.29) is 0 Å². The van der Waals surface area contributed by atoms with Crippen molar-refractivity contribution < 1.29 is 0 Å². The maximum Gasteiger partial charge on any atom is 0.0973 e. The molecular weight excluding hydrogens is 562 g/mol. The van der Waals surface area contributed by atoms with Crippen molar-refractivity contribution in [2.24, 2.45) is 0 Å². The third-order valence-electron chi connectivity index (χ3n) is 8.63. The second-order valence-electron chi connectivity index (χ2n) is 12.0. The molecule has 7 aromatic rings. The van der Waals surface area contributed by atoms with Crippen LogP contribution in [-0.4, -0.2) is 19.9 Å². The molecule has 0 fully saturated rings. The van der Waals surface area contributed by atoms with Crippen molar-refractivity contribution in [1.29, 1.82) is 0 Å². The zero-order chi connectivity index (χ0) is 31.1.